The topological polar surface area (TPSA) is 42.2 Å². The number of hydrogen-bond donors (Lipinski definition) is 1. The average molecular weight is 338 g/mol. The van der Waals surface area contributed by atoms with Gasteiger partial charge in [-0.3, -0.25) is 4.40 Å². The number of rotatable bonds is 3. The summed E-state index contributed by atoms with van der Waals surface area (Å²) in [6, 6.07) is 6.37. The molecule has 23 heavy (non-hydrogen) atoms. The molecule has 0 aliphatic carbocycles. The van der Waals surface area contributed by atoms with Gasteiger partial charge in [-0.25, -0.2) is 9.97 Å². The molecule has 4 aromatic rings. The van der Waals surface area contributed by atoms with Gasteiger partial charge in [-0.05, 0) is 26.0 Å². The molecule has 4 rings (SSSR count). The van der Waals surface area contributed by atoms with Gasteiger partial charge < -0.3 is 5.32 Å². The highest BCUT2D eigenvalue weighted by atomic mass is 32.1. The van der Waals surface area contributed by atoms with E-state index in [9.17, 15) is 0 Å². The molecule has 0 amide bonds. The number of benzene rings is 1. The van der Waals surface area contributed by atoms with E-state index in [0.29, 0.717) is 0 Å². The van der Waals surface area contributed by atoms with Crippen molar-refractivity contribution in [3.05, 3.63) is 46.4 Å². The summed E-state index contributed by atoms with van der Waals surface area (Å²) in [6.07, 6.45) is 2.05. The van der Waals surface area contributed by atoms with E-state index in [0.717, 1.165) is 32.9 Å². The summed E-state index contributed by atoms with van der Waals surface area (Å²) < 4.78 is 2.11. The van der Waals surface area contributed by atoms with E-state index in [4.69, 9.17) is 4.98 Å². The maximum Gasteiger partial charge on any atom is 0.194 e. The number of fused-ring (bicyclic) bond motifs is 1. The van der Waals surface area contributed by atoms with Gasteiger partial charge in [-0.15, -0.1) is 22.7 Å². The molecule has 114 valence electrons. The van der Waals surface area contributed by atoms with Crippen molar-refractivity contribution in [1.82, 2.24) is 14.4 Å². The molecule has 1 aromatic carbocycles. The normalized spacial score (nSPS) is 11.2. The first-order valence-corrected chi connectivity index (χ1v) is 9.10. The van der Waals surface area contributed by atoms with Crippen molar-refractivity contribution in [3.8, 4) is 11.4 Å². The van der Waals surface area contributed by atoms with E-state index in [-0.39, 0.29) is 0 Å². The van der Waals surface area contributed by atoms with Crippen molar-refractivity contribution in [3.63, 3.8) is 0 Å². The quantitative estimate of drug-likeness (QED) is 0.584. The monoisotopic (exact) mass is 338 g/mol. The molecule has 0 unspecified atom stereocenters. The zero-order valence-electron chi connectivity index (χ0n) is 13.1. The Labute approximate surface area is 143 Å². The van der Waals surface area contributed by atoms with Crippen LogP contribution in [0.5, 0.6) is 0 Å². The van der Waals surface area contributed by atoms with Crippen LogP contribution < -0.4 is 10.8 Å². The van der Waals surface area contributed by atoms with Gasteiger partial charge in [0.1, 0.15) is 13.5 Å². The van der Waals surface area contributed by atoms with Gasteiger partial charge in [0.15, 0.2) is 10.1 Å². The maximum absolute atomic E-state index is 4.74. The summed E-state index contributed by atoms with van der Waals surface area (Å²) in [5.41, 5.74) is 6.69. The third-order valence-corrected chi connectivity index (χ3v) is 5.46. The van der Waals surface area contributed by atoms with Crippen molar-refractivity contribution in [2.45, 2.75) is 13.8 Å². The van der Waals surface area contributed by atoms with Gasteiger partial charge in [0.05, 0.1) is 11.4 Å². The Bertz CT molecular complexity index is 999. The van der Waals surface area contributed by atoms with Gasteiger partial charge in [0.25, 0.3) is 0 Å². The molecular formula is C16H15BN4S2. The molecule has 0 bridgehead atoms. The smallest absolute Gasteiger partial charge is 0.194 e. The highest BCUT2D eigenvalue weighted by molar-refractivity contribution is 7.15. The maximum atomic E-state index is 4.74. The van der Waals surface area contributed by atoms with E-state index < -0.39 is 0 Å². The second-order valence-corrected chi connectivity index (χ2v) is 7.29. The van der Waals surface area contributed by atoms with E-state index in [1.54, 1.807) is 22.7 Å². The third kappa shape index (κ3) is 2.56. The van der Waals surface area contributed by atoms with E-state index in [2.05, 4.69) is 53.1 Å². The Morgan fingerprint density at radius 1 is 1.17 bits per heavy atom. The van der Waals surface area contributed by atoms with Gasteiger partial charge in [-0.1, -0.05) is 17.1 Å². The highest BCUT2D eigenvalue weighted by Crippen LogP contribution is 2.30. The van der Waals surface area contributed by atoms with Crippen LogP contribution in [0.2, 0.25) is 0 Å². The van der Waals surface area contributed by atoms with Crippen LogP contribution in [-0.4, -0.2) is 22.2 Å². The molecule has 0 radical (unpaired) electrons. The van der Waals surface area contributed by atoms with Crippen LogP contribution in [0.15, 0.2) is 35.2 Å². The number of imidazole rings is 1. The molecule has 0 saturated carbocycles. The highest BCUT2D eigenvalue weighted by Gasteiger charge is 2.15. The van der Waals surface area contributed by atoms with Crippen LogP contribution >= 0.6 is 22.7 Å². The minimum Gasteiger partial charge on any atom is -0.332 e. The number of nitrogens with zero attached hydrogens (tertiary/aromatic N) is 3. The molecular weight excluding hydrogens is 323 g/mol. The van der Waals surface area contributed by atoms with E-state index in [1.165, 1.54) is 11.0 Å². The minimum absolute atomic E-state index is 0.896. The first kappa shape index (κ1) is 14.5. The first-order valence-electron chi connectivity index (χ1n) is 7.34. The molecule has 4 nitrogen and oxygen atoms in total. The van der Waals surface area contributed by atoms with Crippen LogP contribution in [0.3, 0.4) is 0 Å². The van der Waals surface area contributed by atoms with Crippen LogP contribution in [0, 0.1) is 13.8 Å². The number of hydrogen-bond acceptors (Lipinski definition) is 5. The van der Waals surface area contributed by atoms with E-state index in [1.807, 2.05) is 18.5 Å². The Morgan fingerprint density at radius 2 is 2.04 bits per heavy atom. The summed E-state index contributed by atoms with van der Waals surface area (Å²) in [4.78, 5) is 10.3. The lowest BCUT2D eigenvalue weighted by Crippen LogP contribution is -2.07. The van der Waals surface area contributed by atoms with Crippen LogP contribution in [0.1, 0.15) is 11.3 Å². The average Bonchev–Trinajstić information content (AvgIpc) is 3.19. The Morgan fingerprint density at radius 3 is 2.87 bits per heavy atom. The molecule has 0 aliphatic heterocycles. The lowest BCUT2D eigenvalue weighted by Gasteiger charge is -2.05. The van der Waals surface area contributed by atoms with Crippen molar-refractivity contribution < 1.29 is 0 Å². The molecule has 0 fully saturated rings. The number of aryl methyl sites for hydroxylation is 2. The Hall–Kier alpha value is -2.12. The van der Waals surface area contributed by atoms with Gasteiger partial charge in [-0.2, -0.15) is 0 Å². The lowest BCUT2D eigenvalue weighted by atomic mass is 9.91. The third-order valence-electron chi connectivity index (χ3n) is 3.94. The summed E-state index contributed by atoms with van der Waals surface area (Å²) in [5, 5.41) is 8.42. The van der Waals surface area contributed by atoms with Crippen molar-refractivity contribution in [2.75, 3.05) is 5.32 Å². The van der Waals surface area contributed by atoms with Crippen LogP contribution in [0.4, 0.5) is 10.8 Å². The lowest BCUT2D eigenvalue weighted by molar-refractivity contribution is 1.20. The van der Waals surface area contributed by atoms with Gasteiger partial charge in [0.2, 0.25) is 0 Å². The molecule has 1 N–H and O–H groups in total. The predicted molar refractivity (Wildman–Crippen MR) is 102 cm³/mol. The molecule has 7 heteroatoms. The number of thiazole rings is 2. The molecule has 3 aromatic heterocycles. The van der Waals surface area contributed by atoms with E-state index >= 15 is 0 Å². The second-order valence-electron chi connectivity index (χ2n) is 5.56. The first-order chi connectivity index (χ1) is 11.1. The van der Waals surface area contributed by atoms with Crippen LogP contribution in [0.25, 0.3) is 16.3 Å². The van der Waals surface area contributed by atoms with Crippen molar-refractivity contribution in [1.29, 1.82) is 0 Å². The summed E-state index contributed by atoms with van der Waals surface area (Å²) in [5.74, 6) is 0. The zero-order valence-corrected chi connectivity index (χ0v) is 14.8. The molecule has 0 spiro atoms. The molecule has 3 heterocycles. The zero-order chi connectivity index (χ0) is 16.0. The fourth-order valence-electron chi connectivity index (χ4n) is 2.59. The van der Waals surface area contributed by atoms with Crippen LogP contribution in [-0.2, 0) is 0 Å². The molecule has 0 atom stereocenters. The van der Waals surface area contributed by atoms with Crippen molar-refractivity contribution >= 4 is 51.8 Å². The standard InChI is InChI=1S/C16H15BN4S2/c1-9-3-4-11(7-12(9)17)19-15-20-13(8-23-15)14-10(2)18-16-21(14)5-6-22-16/h3-8H,17H2,1-2H3,(H,19,20). The van der Waals surface area contributed by atoms with Crippen molar-refractivity contribution in [2.24, 2.45) is 0 Å². The molecule has 0 saturated heterocycles. The Balaban J connectivity index is 1.67. The number of anilines is 2. The van der Waals surface area contributed by atoms with Gasteiger partial charge >= 0.3 is 0 Å². The predicted octanol–water partition coefficient (Wildman–Crippen LogP) is 3.14. The minimum atomic E-state index is 0.896. The number of aromatic nitrogens is 3. The fraction of sp³-hybridized carbons (Fsp3) is 0.125. The van der Waals surface area contributed by atoms with Gasteiger partial charge in [0, 0.05) is 22.6 Å². The summed E-state index contributed by atoms with van der Waals surface area (Å²) >= 11 is 3.25. The molecule has 0 aliphatic rings. The second kappa shape index (κ2) is 5.51. The summed E-state index contributed by atoms with van der Waals surface area (Å²) in [6.45, 7) is 4.15. The number of nitrogens with one attached hydrogen (secondary N) is 1. The fourth-order valence-corrected chi connectivity index (χ4v) is 4.06. The SMILES string of the molecule is Bc1cc(Nc2nc(-c3c(C)nc4sccn34)cs2)ccc1C. The Kier molecular flexibility index (Phi) is 3.47. The largest absolute Gasteiger partial charge is 0.332 e. The summed E-state index contributed by atoms with van der Waals surface area (Å²) in [7, 11) is 2.12.